The zero-order valence-corrected chi connectivity index (χ0v) is 15.3. The molecule has 2 N–H and O–H groups in total. The number of carbonyl (C=O) groups is 3. The lowest BCUT2D eigenvalue weighted by molar-refractivity contribution is -0.139. The summed E-state index contributed by atoms with van der Waals surface area (Å²) in [4.78, 5) is 36.2. The lowest BCUT2D eigenvalue weighted by atomic mass is 9.99. The molecule has 0 aliphatic heterocycles. The number of aliphatic carboxylic acids is 1. The van der Waals surface area contributed by atoms with Gasteiger partial charge in [0, 0.05) is 17.5 Å². The maximum Gasteiger partial charge on any atom is 0.326 e. The Balaban J connectivity index is 1.71. The van der Waals surface area contributed by atoms with Crippen molar-refractivity contribution in [1.29, 1.82) is 0 Å². The number of carbonyl (C=O) groups excluding carboxylic acids is 2. The number of hydrogen-bond acceptors (Lipinski definition) is 3. The molecular weight excluding hydrogens is 373 g/mol. The molecule has 0 bridgehead atoms. The number of nitrogens with one attached hydrogen (secondary N) is 1. The van der Waals surface area contributed by atoms with Crippen LogP contribution in [0.2, 0.25) is 0 Å². The minimum absolute atomic E-state index is 0.00463. The van der Waals surface area contributed by atoms with Gasteiger partial charge in [-0.3, -0.25) is 9.59 Å². The van der Waals surface area contributed by atoms with E-state index in [0.717, 1.165) is 6.07 Å². The lowest BCUT2D eigenvalue weighted by Crippen LogP contribution is -2.42. The zero-order chi connectivity index (χ0) is 20.8. The first-order chi connectivity index (χ1) is 14.0. The highest BCUT2D eigenvalue weighted by Gasteiger charge is 2.22. The molecule has 3 rings (SSSR count). The second kappa shape index (κ2) is 8.93. The minimum Gasteiger partial charge on any atom is -0.480 e. The van der Waals surface area contributed by atoms with Gasteiger partial charge in [-0.15, -0.1) is 0 Å². The Morgan fingerprint density at radius 1 is 0.828 bits per heavy atom. The number of rotatable bonds is 7. The fraction of sp³-hybridized carbons (Fsp3) is 0.0870. The molecule has 0 aliphatic rings. The standard InChI is InChI=1S/C23H18FNO4/c24-19-9-5-4-8-18(19)22(27)25-20(23(28)29)14-15-10-12-17(13-11-15)21(26)16-6-2-1-3-7-16/h1-13,20H,14H2,(H,25,27)(H,28,29)/t20-/m1/s1. The molecule has 0 saturated heterocycles. The van der Waals surface area contributed by atoms with Gasteiger partial charge in [-0.1, -0.05) is 66.7 Å². The average Bonchev–Trinajstić information content (AvgIpc) is 2.74. The van der Waals surface area contributed by atoms with Crippen LogP contribution >= 0.6 is 0 Å². The number of carboxylic acid groups (broad SMARTS) is 1. The third kappa shape index (κ3) is 4.93. The van der Waals surface area contributed by atoms with Crippen molar-refractivity contribution in [2.75, 3.05) is 0 Å². The highest BCUT2D eigenvalue weighted by atomic mass is 19.1. The van der Waals surface area contributed by atoms with Gasteiger partial charge in [-0.05, 0) is 17.7 Å². The molecule has 0 radical (unpaired) electrons. The van der Waals surface area contributed by atoms with Crippen LogP contribution in [-0.4, -0.2) is 28.8 Å². The SMILES string of the molecule is O=C(c1ccccc1)c1ccc(C[C@@H](NC(=O)c2ccccc2F)C(=O)O)cc1. The van der Waals surface area contributed by atoms with Crippen LogP contribution in [0.5, 0.6) is 0 Å². The number of carboxylic acids is 1. The predicted molar refractivity (Wildman–Crippen MR) is 105 cm³/mol. The number of amides is 1. The maximum absolute atomic E-state index is 13.7. The lowest BCUT2D eigenvalue weighted by Gasteiger charge is -2.15. The summed E-state index contributed by atoms with van der Waals surface area (Å²) in [7, 11) is 0. The van der Waals surface area contributed by atoms with Crippen LogP contribution in [0.1, 0.15) is 31.8 Å². The minimum atomic E-state index is -1.24. The molecule has 1 amide bonds. The van der Waals surface area contributed by atoms with Crippen molar-refractivity contribution in [3.05, 3.63) is 107 Å². The molecule has 5 nitrogen and oxygen atoms in total. The van der Waals surface area contributed by atoms with Crippen molar-refractivity contribution in [3.63, 3.8) is 0 Å². The highest BCUT2D eigenvalue weighted by molar-refractivity contribution is 6.08. The summed E-state index contributed by atoms with van der Waals surface area (Å²) in [5.74, 6) is -2.90. The van der Waals surface area contributed by atoms with E-state index >= 15 is 0 Å². The molecule has 6 heteroatoms. The topological polar surface area (TPSA) is 83.5 Å². The molecule has 3 aromatic rings. The van der Waals surface area contributed by atoms with E-state index in [0.29, 0.717) is 16.7 Å². The van der Waals surface area contributed by atoms with E-state index in [1.54, 1.807) is 48.5 Å². The summed E-state index contributed by atoms with van der Waals surface area (Å²) in [5, 5.41) is 11.8. The van der Waals surface area contributed by atoms with Gasteiger partial charge >= 0.3 is 5.97 Å². The van der Waals surface area contributed by atoms with Crippen LogP contribution in [0.25, 0.3) is 0 Å². The Hall–Kier alpha value is -3.80. The molecule has 0 heterocycles. The van der Waals surface area contributed by atoms with Crippen LogP contribution in [-0.2, 0) is 11.2 Å². The second-order valence-corrected chi connectivity index (χ2v) is 6.44. The number of hydrogen-bond donors (Lipinski definition) is 2. The van der Waals surface area contributed by atoms with Gasteiger partial charge in [-0.25, -0.2) is 9.18 Å². The summed E-state index contributed by atoms with van der Waals surface area (Å²) < 4.78 is 13.7. The van der Waals surface area contributed by atoms with Gasteiger partial charge in [0.2, 0.25) is 0 Å². The molecule has 0 saturated carbocycles. The third-order valence-corrected chi connectivity index (χ3v) is 4.41. The van der Waals surface area contributed by atoms with Gasteiger partial charge in [0.15, 0.2) is 5.78 Å². The predicted octanol–water partition coefficient (Wildman–Crippen LogP) is 3.48. The van der Waals surface area contributed by atoms with Gasteiger partial charge in [0.1, 0.15) is 11.9 Å². The van der Waals surface area contributed by atoms with Crippen LogP contribution in [0, 0.1) is 5.82 Å². The van der Waals surface area contributed by atoms with Gasteiger partial charge in [0.05, 0.1) is 5.56 Å². The second-order valence-electron chi connectivity index (χ2n) is 6.44. The van der Waals surface area contributed by atoms with E-state index in [1.165, 1.54) is 18.2 Å². The number of benzene rings is 3. The summed E-state index contributed by atoms with van der Waals surface area (Å²) in [6.45, 7) is 0. The highest BCUT2D eigenvalue weighted by Crippen LogP contribution is 2.13. The Labute approximate surface area is 166 Å². The average molecular weight is 391 g/mol. The zero-order valence-electron chi connectivity index (χ0n) is 15.3. The smallest absolute Gasteiger partial charge is 0.326 e. The summed E-state index contributed by atoms with van der Waals surface area (Å²) in [5.41, 5.74) is 1.43. The van der Waals surface area contributed by atoms with E-state index in [1.807, 2.05) is 6.07 Å². The van der Waals surface area contributed by atoms with Crippen molar-refractivity contribution in [2.24, 2.45) is 0 Å². The van der Waals surface area contributed by atoms with Gasteiger partial charge < -0.3 is 10.4 Å². The molecule has 0 aliphatic carbocycles. The molecule has 0 fully saturated rings. The monoisotopic (exact) mass is 391 g/mol. The molecule has 1 atom stereocenters. The summed E-state index contributed by atoms with van der Waals surface area (Å²) in [6, 6.07) is 19.4. The van der Waals surface area contributed by atoms with Crippen molar-refractivity contribution >= 4 is 17.7 Å². The normalized spacial score (nSPS) is 11.5. The van der Waals surface area contributed by atoms with Crippen molar-refractivity contribution < 1.29 is 23.9 Å². The molecule has 29 heavy (non-hydrogen) atoms. The Morgan fingerprint density at radius 2 is 1.41 bits per heavy atom. The van der Waals surface area contributed by atoms with E-state index < -0.39 is 23.7 Å². The third-order valence-electron chi connectivity index (χ3n) is 4.41. The van der Waals surface area contributed by atoms with E-state index in [9.17, 15) is 23.9 Å². The molecule has 146 valence electrons. The first-order valence-corrected chi connectivity index (χ1v) is 8.92. The first kappa shape index (κ1) is 19.9. The van der Waals surface area contributed by atoms with Crippen molar-refractivity contribution in [2.45, 2.75) is 12.5 Å². The van der Waals surface area contributed by atoms with E-state index in [4.69, 9.17) is 0 Å². The molecule has 0 unspecified atom stereocenters. The van der Waals surface area contributed by atoms with Crippen molar-refractivity contribution in [1.82, 2.24) is 5.32 Å². The quantitative estimate of drug-likeness (QED) is 0.604. The van der Waals surface area contributed by atoms with E-state index in [2.05, 4.69) is 5.32 Å². The number of halogens is 1. The van der Waals surface area contributed by atoms with Crippen LogP contribution in [0.3, 0.4) is 0 Å². The van der Waals surface area contributed by atoms with Gasteiger partial charge in [-0.2, -0.15) is 0 Å². The fourth-order valence-corrected chi connectivity index (χ4v) is 2.87. The van der Waals surface area contributed by atoms with E-state index in [-0.39, 0.29) is 17.8 Å². The van der Waals surface area contributed by atoms with Crippen LogP contribution < -0.4 is 5.32 Å². The molecule has 3 aromatic carbocycles. The van der Waals surface area contributed by atoms with Crippen molar-refractivity contribution in [3.8, 4) is 0 Å². The first-order valence-electron chi connectivity index (χ1n) is 8.92. The summed E-state index contributed by atoms with van der Waals surface area (Å²) >= 11 is 0. The van der Waals surface area contributed by atoms with Crippen LogP contribution in [0.4, 0.5) is 4.39 Å². The maximum atomic E-state index is 13.7. The Bertz CT molecular complexity index is 1030. The fourth-order valence-electron chi connectivity index (χ4n) is 2.87. The van der Waals surface area contributed by atoms with Crippen LogP contribution in [0.15, 0.2) is 78.9 Å². The molecule has 0 aromatic heterocycles. The van der Waals surface area contributed by atoms with Gasteiger partial charge in [0.25, 0.3) is 5.91 Å². The largest absolute Gasteiger partial charge is 0.480 e. The summed E-state index contributed by atoms with van der Waals surface area (Å²) in [6.07, 6.45) is -0.00463. The Kier molecular flexibility index (Phi) is 6.14. The molecule has 0 spiro atoms. The number of ketones is 1. The molecular formula is C23H18FNO4. The Morgan fingerprint density at radius 3 is 2.03 bits per heavy atom.